The zero-order valence-electron chi connectivity index (χ0n) is 25.4. The van der Waals surface area contributed by atoms with E-state index < -0.39 is 65.6 Å². The number of nitrogens with zero attached hydrogens (tertiary/aromatic N) is 1. The quantitative estimate of drug-likeness (QED) is 0.0962. The average Bonchev–Trinajstić information content (AvgIpc) is 3.48. The molecule has 5 N–H and O–H groups in total. The summed E-state index contributed by atoms with van der Waals surface area (Å²) in [6.07, 6.45) is -3.47. The third-order valence-corrected chi connectivity index (χ3v) is 6.39. The molecule has 0 aromatic heterocycles. The molecule has 2 aromatic carbocycles. The predicted molar refractivity (Wildman–Crippen MR) is 156 cm³/mol. The summed E-state index contributed by atoms with van der Waals surface area (Å²) < 4.78 is 20.2. The van der Waals surface area contributed by atoms with E-state index in [9.17, 15) is 38.4 Å². The molecule has 0 spiro atoms. The summed E-state index contributed by atoms with van der Waals surface area (Å²) in [5.74, 6) is -4.71. The number of esters is 2. The molecular weight excluding hydrogens is 622 g/mol. The third kappa shape index (κ3) is 9.57. The minimum atomic E-state index is -2.48. The van der Waals surface area contributed by atoms with Crippen molar-refractivity contribution in [1.82, 2.24) is 21.1 Å². The number of imide groups is 2. The first kappa shape index (κ1) is 35.6. The summed E-state index contributed by atoms with van der Waals surface area (Å²) in [6, 6.07) is 17.3. The van der Waals surface area contributed by atoms with Crippen LogP contribution in [0, 0.1) is 0 Å². The summed E-state index contributed by atoms with van der Waals surface area (Å²) >= 11 is 0. The van der Waals surface area contributed by atoms with E-state index >= 15 is 0 Å². The average molecular weight is 656 g/mol. The first-order chi connectivity index (χ1) is 22.3. The lowest BCUT2D eigenvalue weighted by Gasteiger charge is -2.35. The molecular formula is C30H33N5O12. The van der Waals surface area contributed by atoms with Gasteiger partial charge in [-0.25, -0.2) is 15.0 Å². The van der Waals surface area contributed by atoms with Crippen LogP contribution in [0.2, 0.25) is 0 Å². The Hall–Kier alpha value is -5.84. The number of rotatable bonds is 9. The van der Waals surface area contributed by atoms with Gasteiger partial charge < -0.3 is 18.9 Å². The number of carbonyl (C=O) groups is 8. The number of hydrazine groups is 1. The molecule has 2 saturated heterocycles. The summed E-state index contributed by atoms with van der Waals surface area (Å²) in [5.41, 5.74) is 4.49. The minimum Gasteiger partial charge on any atom is -0.443 e. The van der Waals surface area contributed by atoms with Crippen molar-refractivity contribution in [3.63, 3.8) is 0 Å². The summed E-state index contributed by atoms with van der Waals surface area (Å²) in [7, 11) is 0. The van der Waals surface area contributed by atoms with Gasteiger partial charge in [0.1, 0.15) is 13.2 Å². The van der Waals surface area contributed by atoms with Crippen molar-refractivity contribution in [2.24, 2.45) is 5.73 Å². The number of hydrogen-bond donors (Lipinski definition) is 4. The molecule has 0 bridgehead atoms. The van der Waals surface area contributed by atoms with E-state index in [4.69, 9.17) is 19.9 Å². The lowest BCUT2D eigenvalue weighted by molar-refractivity contribution is -0.189. The zero-order chi connectivity index (χ0) is 34.6. The molecule has 250 valence electrons. The molecule has 17 nitrogen and oxygen atoms in total. The van der Waals surface area contributed by atoms with Crippen molar-refractivity contribution in [2.45, 2.75) is 64.2 Å². The number of ether oxygens (including phenoxy) is 4. The van der Waals surface area contributed by atoms with Crippen molar-refractivity contribution in [1.29, 1.82) is 0 Å². The van der Waals surface area contributed by atoms with Gasteiger partial charge in [-0.15, -0.1) is 0 Å². The van der Waals surface area contributed by atoms with Crippen LogP contribution in [0.1, 0.15) is 50.7 Å². The van der Waals surface area contributed by atoms with Crippen LogP contribution in [-0.4, -0.2) is 64.2 Å². The summed E-state index contributed by atoms with van der Waals surface area (Å²) in [6.45, 7) is 2.67. The minimum absolute atomic E-state index is 0.112. The van der Waals surface area contributed by atoms with Gasteiger partial charge >= 0.3 is 24.1 Å². The fourth-order valence-corrected chi connectivity index (χ4v) is 4.00. The maximum atomic E-state index is 13.0. The molecule has 17 heteroatoms. The summed E-state index contributed by atoms with van der Waals surface area (Å²) in [4.78, 5) is 94.9. The molecule has 6 amide bonds. The third-order valence-electron chi connectivity index (χ3n) is 6.39. The van der Waals surface area contributed by atoms with Crippen molar-refractivity contribution in [3.05, 3.63) is 71.8 Å². The van der Waals surface area contributed by atoms with E-state index in [1.807, 2.05) is 10.6 Å². The molecule has 2 fully saturated rings. The van der Waals surface area contributed by atoms with Gasteiger partial charge in [0.05, 0.1) is 12.8 Å². The number of nitrogens with two attached hydrogens (primary N) is 1. The van der Waals surface area contributed by atoms with E-state index in [1.54, 1.807) is 67.6 Å². The van der Waals surface area contributed by atoms with Gasteiger partial charge in [-0.2, -0.15) is 5.01 Å². The number of carbonyl (C=O) groups excluding carboxylic acids is 8. The standard InChI is InChI=1S/C23H23N3O8.C7H10N2O4/c1-2-19(28)34-23(13-18(27)24-20(23)29)26(22(31)33-15-17-11-7-4-8-12-17)25-21(30)32-14-16-9-5-3-6-10-16;1-2-5(11)13-7(8)3-4(10)9-6(7)12/h3-12H,2,13-15H2,1H3,(H,25,30)(H,24,27,29);2-3,8H2,1H3,(H,9,10,12). The van der Waals surface area contributed by atoms with Crippen LogP contribution < -0.4 is 21.8 Å². The second-order valence-electron chi connectivity index (χ2n) is 9.99. The molecule has 2 aromatic rings. The second-order valence-corrected chi connectivity index (χ2v) is 9.99. The van der Waals surface area contributed by atoms with Crippen molar-refractivity contribution >= 4 is 47.8 Å². The van der Waals surface area contributed by atoms with Gasteiger partial charge in [0.25, 0.3) is 17.5 Å². The lowest BCUT2D eigenvalue weighted by Crippen LogP contribution is -2.65. The second kappa shape index (κ2) is 15.9. The maximum Gasteiger partial charge on any atom is 0.433 e. The van der Waals surface area contributed by atoms with Gasteiger partial charge in [0, 0.05) is 12.8 Å². The Morgan fingerprint density at radius 1 is 0.745 bits per heavy atom. The number of hydrogen-bond acceptors (Lipinski definition) is 13. The highest BCUT2D eigenvalue weighted by atomic mass is 16.6. The monoisotopic (exact) mass is 655 g/mol. The van der Waals surface area contributed by atoms with Gasteiger partial charge in [-0.1, -0.05) is 74.5 Å². The van der Waals surface area contributed by atoms with Crippen LogP contribution in [0.4, 0.5) is 9.59 Å². The maximum absolute atomic E-state index is 13.0. The molecule has 2 aliphatic heterocycles. The highest BCUT2D eigenvalue weighted by Gasteiger charge is 2.58. The molecule has 0 saturated carbocycles. The van der Waals surface area contributed by atoms with Gasteiger partial charge in [-0.3, -0.25) is 45.1 Å². The number of nitrogens with one attached hydrogen (secondary N) is 3. The largest absolute Gasteiger partial charge is 0.443 e. The van der Waals surface area contributed by atoms with Gasteiger partial charge in [-0.05, 0) is 11.1 Å². The highest BCUT2D eigenvalue weighted by Crippen LogP contribution is 2.28. The Morgan fingerprint density at radius 3 is 1.70 bits per heavy atom. The van der Waals surface area contributed by atoms with E-state index in [1.165, 1.54) is 6.92 Å². The van der Waals surface area contributed by atoms with Gasteiger partial charge in [0.2, 0.25) is 17.5 Å². The lowest BCUT2D eigenvalue weighted by atomic mass is 10.1. The fourth-order valence-electron chi connectivity index (χ4n) is 4.00. The number of amides is 6. The van der Waals surface area contributed by atoms with E-state index in [2.05, 4.69) is 10.2 Å². The zero-order valence-corrected chi connectivity index (χ0v) is 25.4. The molecule has 0 radical (unpaired) electrons. The Morgan fingerprint density at radius 2 is 1.23 bits per heavy atom. The number of benzene rings is 2. The Labute approximate surface area is 268 Å². The Bertz CT molecular complexity index is 1520. The molecule has 2 unspecified atom stereocenters. The SMILES string of the molecule is CCC(=O)OC1(N(NC(=O)OCc2ccccc2)C(=O)OCc2ccccc2)CC(=O)NC1=O.CCC(=O)OC1(N)CC(=O)NC1=O. The van der Waals surface area contributed by atoms with Crippen molar-refractivity contribution in [2.75, 3.05) is 0 Å². The Kier molecular flexibility index (Phi) is 12.1. The predicted octanol–water partition coefficient (Wildman–Crippen LogP) is 0.804. The Balaban J connectivity index is 0.000000386. The summed E-state index contributed by atoms with van der Waals surface area (Å²) in [5, 5.41) is 4.31. The van der Waals surface area contributed by atoms with Crippen molar-refractivity contribution in [3.8, 4) is 0 Å². The van der Waals surface area contributed by atoms with Crippen LogP contribution in [0.25, 0.3) is 0 Å². The van der Waals surface area contributed by atoms with Crippen LogP contribution >= 0.6 is 0 Å². The first-order valence-corrected chi connectivity index (χ1v) is 14.2. The topological polar surface area (TPSA) is 239 Å². The van der Waals surface area contributed by atoms with Crippen LogP contribution in [-0.2, 0) is 60.9 Å². The molecule has 4 rings (SSSR count). The smallest absolute Gasteiger partial charge is 0.433 e. The van der Waals surface area contributed by atoms with Crippen molar-refractivity contribution < 1.29 is 57.3 Å². The van der Waals surface area contributed by atoms with E-state index in [-0.39, 0.29) is 32.5 Å². The molecule has 47 heavy (non-hydrogen) atoms. The van der Waals surface area contributed by atoms with Crippen LogP contribution in [0.15, 0.2) is 60.7 Å². The molecule has 0 aliphatic carbocycles. The molecule has 2 aliphatic rings. The normalized spacial score (nSPS) is 19.7. The van der Waals surface area contributed by atoms with Gasteiger partial charge in [0.15, 0.2) is 0 Å². The first-order valence-electron chi connectivity index (χ1n) is 14.2. The van der Waals surface area contributed by atoms with Crippen LogP contribution in [0.3, 0.4) is 0 Å². The molecule has 2 atom stereocenters. The van der Waals surface area contributed by atoms with E-state index in [0.717, 1.165) is 0 Å². The molecule has 2 heterocycles. The van der Waals surface area contributed by atoms with Crippen LogP contribution in [0.5, 0.6) is 0 Å². The van der Waals surface area contributed by atoms with E-state index in [0.29, 0.717) is 16.1 Å². The highest BCUT2D eigenvalue weighted by molar-refractivity contribution is 6.09. The fraction of sp³-hybridized carbons (Fsp3) is 0.333.